The Labute approximate surface area is 140 Å². The molecule has 0 aliphatic heterocycles. The van der Waals surface area contributed by atoms with E-state index in [2.05, 4.69) is 15.0 Å². The molecule has 1 heterocycles. The van der Waals surface area contributed by atoms with Crippen LogP contribution in [0, 0.1) is 0 Å². The van der Waals surface area contributed by atoms with E-state index in [1.54, 1.807) is 30.5 Å². The highest BCUT2D eigenvalue weighted by Gasteiger charge is 2.31. The number of nitrogens with zero attached hydrogens (tertiary/aromatic N) is 1. The number of alkyl halides is 3. The predicted octanol–water partition coefficient (Wildman–Crippen LogP) is 4.49. The molecule has 0 aliphatic rings. The van der Waals surface area contributed by atoms with E-state index in [9.17, 15) is 18.0 Å². The van der Waals surface area contributed by atoms with Gasteiger partial charge in [-0.15, -0.1) is 13.2 Å². The molecule has 0 fully saturated rings. The number of hydrogen-bond acceptors (Lipinski definition) is 4. The van der Waals surface area contributed by atoms with Crippen LogP contribution in [0.5, 0.6) is 5.75 Å². The first-order valence-electron chi connectivity index (χ1n) is 7.07. The Morgan fingerprint density at radius 1 is 1.12 bits per heavy atom. The number of oxazole rings is 1. The zero-order chi connectivity index (χ0) is 17.9. The molecule has 0 radical (unpaired) electrons. The molecule has 0 saturated carbocycles. The molecule has 0 atom stereocenters. The molecule has 2 aromatic carbocycles. The van der Waals surface area contributed by atoms with Crippen LogP contribution in [0.1, 0.15) is 10.4 Å². The van der Waals surface area contributed by atoms with Gasteiger partial charge >= 0.3 is 6.36 Å². The van der Waals surface area contributed by atoms with Crippen molar-refractivity contribution >= 4 is 11.6 Å². The number of amides is 1. The Morgan fingerprint density at radius 2 is 1.88 bits per heavy atom. The Morgan fingerprint density at radius 3 is 2.52 bits per heavy atom. The number of rotatable bonds is 4. The average Bonchev–Trinajstić information content (AvgIpc) is 3.09. The molecule has 128 valence electrons. The summed E-state index contributed by atoms with van der Waals surface area (Å²) in [6.07, 6.45) is -1.93. The SMILES string of the molecule is O=C(Nc1cccc(-c2cnco2)c1)c1ccc(OC(F)(F)F)cc1. The third-order valence-corrected chi connectivity index (χ3v) is 3.19. The maximum absolute atomic E-state index is 12.2. The van der Waals surface area contributed by atoms with Gasteiger partial charge in [-0.25, -0.2) is 4.98 Å². The number of nitrogens with one attached hydrogen (secondary N) is 1. The molecule has 0 saturated heterocycles. The van der Waals surface area contributed by atoms with E-state index >= 15 is 0 Å². The maximum Gasteiger partial charge on any atom is 0.573 e. The van der Waals surface area contributed by atoms with Gasteiger partial charge in [-0.1, -0.05) is 12.1 Å². The van der Waals surface area contributed by atoms with Gasteiger partial charge in [-0.05, 0) is 36.4 Å². The van der Waals surface area contributed by atoms with E-state index in [-0.39, 0.29) is 5.56 Å². The number of anilines is 1. The molecule has 1 amide bonds. The minimum Gasteiger partial charge on any atom is -0.444 e. The van der Waals surface area contributed by atoms with E-state index < -0.39 is 18.0 Å². The second-order valence-electron chi connectivity index (χ2n) is 4.97. The van der Waals surface area contributed by atoms with Crippen molar-refractivity contribution in [2.24, 2.45) is 0 Å². The van der Waals surface area contributed by atoms with Crippen LogP contribution in [0.2, 0.25) is 0 Å². The number of aromatic nitrogens is 1. The van der Waals surface area contributed by atoms with Crippen molar-refractivity contribution < 1.29 is 27.1 Å². The minimum absolute atomic E-state index is 0.194. The first-order valence-corrected chi connectivity index (χ1v) is 7.07. The highest BCUT2D eigenvalue weighted by Crippen LogP contribution is 2.24. The van der Waals surface area contributed by atoms with Crippen molar-refractivity contribution in [1.82, 2.24) is 4.98 Å². The van der Waals surface area contributed by atoms with Crippen molar-refractivity contribution in [2.45, 2.75) is 6.36 Å². The highest BCUT2D eigenvalue weighted by atomic mass is 19.4. The van der Waals surface area contributed by atoms with Gasteiger partial charge in [0.05, 0.1) is 6.20 Å². The largest absolute Gasteiger partial charge is 0.573 e. The molecule has 0 bridgehead atoms. The quantitative estimate of drug-likeness (QED) is 0.754. The van der Waals surface area contributed by atoms with Crippen molar-refractivity contribution in [2.75, 3.05) is 5.32 Å². The number of carbonyl (C=O) groups excluding carboxylic acids is 1. The summed E-state index contributed by atoms with van der Waals surface area (Å²) < 4.78 is 45.3. The molecule has 1 aromatic heterocycles. The predicted molar refractivity (Wildman–Crippen MR) is 83.0 cm³/mol. The molecule has 0 unspecified atom stereocenters. The number of ether oxygens (including phenoxy) is 1. The van der Waals surface area contributed by atoms with Crippen LogP contribution in [0.15, 0.2) is 65.5 Å². The van der Waals surface area contributed by atoms with Gasteiger partial charge < -0.3 is 14.5 Å². The number of benzene rings is 2. The van der Waals surface area contributed by atoms with E-state index in [0.29, 0.717) is 11.4 Å². The number of hydrogen-bond donors (Lipinski definition) is 1. The Balaban J connectivity index is 1.71. The fourth-order valence-corrected chi connectivity index (χ4v) is 2.12. The number of halogens is 3. The van der Waals surface area contributed by atoms with Gasteiger partial charge in [0.15, 0.2) is 12.2 Å². The Hall–Kier alpha value is -3.29. The summed E-state index contributed by atoms with van der Waals surface area (Å²) in [5.74, 6) is -0.311. The van der Waals surface area contributed by atoms with Crippen LogP contribution in [-0.2, 0) is 0 Å². The topological polar surface area (TPSA) is 64.4 Å². The van der Waals surface area contributed by atoms with Gasteiger partial charge in [0, 0.05) is 16.8 Å². The normalized spacial score (nSPS) is 11.2. The third kappa shape index (κ3) is 4.37. The lowest BCUT2D eigenvalue weighted by Crippen LogP contribution is -2.17. The van der Waals surface area contributed by atoms with Gasteiger partial charge in [-0.2, -0.15) is 0 Å². The average molecular weight is 348 g/mol. The summed E-state index contributed by atoms with van der Waals surface area (Å²) >= 11 is 0. The molecular weight excluding hydrogens is 337 g/mol. The molecule has 8 heteroatoms. The summed E-state index contributed by atoms with van der Waals surface area (Å²) in [5.41, 5.74) is 1.43. The van der Waals surface area contributed by atoms with Crippen LogP contribution in [0.4, 0.5) is 18.9 Å². The molecule has 1 N–H and O–H groups in total. The van der Waals surface area contributed by atoms with Gasteiger partial charge in [0.1, 0.15) is 5.75 Å². The summed E-state index contributed by atoms with van der Waals surface area (Å²) in [6.45, 7) is 0. The van der Waals surface area contributed by atoms with Crippen molar-refractivity contribution in [3.63, 3.8) is 0 Å². The number of carbonyl (C=O) groups is 1. The lowest BCUT2D eigenvalue weighted by Gasteiger charge is -2.10. The van der Waals surface area contributed by atoms with Crippen LogP contribution in [0.3, 0.4) is 0 Å². The molecule has 3 rings (SSSR count). The van der Waals surface area contributed by atoms with Crippen LogP contribution < -0.4 is 10.1 Å². The zero-order valence-electron chi connectivity index (χ0n) is 12.6. The first kappa shape index (κ1) is 16.6. The highest BCUT2D eigenvalue weighted by molar-refractivity contribution is 6.04. The Kier molecular flexibility index (Phi) is 4.42. The maximum atomic E-state index is 12.2. The van der Waals surface area contributed by atoms with Gasteiger partial charge in [0.2, 0.25) is 0 Å². The molecule has 5 nitrogen and oxygen atoms in total. The fourth-order valence-electron chi connectivity index (χ4n) is 2.12. The van der Waals surface area contributed by atoms with Crippen LogP contribution in [-0.4, -0.2) is 17.3 Å². The van der Waals surface area contributed by atoms with E-state index in [0.717, 1.165) is 17.7 Å². The van der Waals surface area contributed by atoms with E-state index in [4.69, 9.17) is 4.42 Å². The summed E-state index contributed by atoms with van der Waals surface area (Å²) in [7, 11) is 0. The molecule has 0 spiro atoms. The Bertz CT molecular complexity index is 860. The van der Waals surface area contributed by atoms with Crippen LogP contribution in [0.25, 0.3) is 11.3 Å². The fraction of sp³-hybridized carbons (Fsp3) is 0.0588. The smallest absolute Gasteiger partial charge is 0.444 e. The zero-order valence-corrected chi connectivity index (χ0v) is 12.6. The second kappa shape index (κ2) is 6.68. The second-order valence-corrected chi connectivity index (χ2v) is 4.97. The summed E-state index contributed by atoms with van der Waals surface area (Å²) in [5, 5.41) is 2.66. The molecule has 25 heavy (non-hydrogen) atoms. The molecule has 3 aromatic rings. The van der Waals surface area contributed by atoms with E-state index in [1.807, 2.05) is 0 Å². The van der Waals surface area contributed by atoms with Crippen molar-refractivity contribution in [3.05, 3.63) is 66.7 Å². The monoisotopic (exact) mass is 348 g/mol. The molecular formula is C17H11F3N2O3. The first-order chi connectivity index (χ1) is 11.9. The molecule has 0 aliphatic carbocycles. The van der Waals surface area contributed by atoms with E-state index in [1.165, 1.54) is 18.5 Å². The van der Waals surface area contributed by atoms with Crippen LogP contribution >= 0.6 is 0 Å². The standard InChI is InChI=1S/C17H11F3N2O3/c18-17(19,20)25-14-6-4-11(5-7-14)16(23)22-13-3-1-2-12(8-13)15-9-21-10-24-15/h1-10H,(H,22,23). The van der Waals surface area contributed by atoms with Crippen molar-refractivity contribution in [3.8, 4) is 17.1 Å². The lowest BCUT2D eigenvalue weighted by molar-refractivity contribution is -0.274. The van der Waals surface area contributed by atoms with Gasteiger partial charge in [0.25, 0.3) is 5.91 Å². The summed E-state index contributed by atoms with van der Waals surface area (Å²) in [6, 6.07) is 11.5. The van der Waals surface area contributed by atoms with Gasteiger partial charge in [-0.3, -0.25) is 4.79 Å². The van der Waals surface area contributed by atoms with Crippen molar-refractivity contribution in [1.29, 1.82) is 0 Å². The summed E-state index contributed by atoms with van der Waals surface area (Å²) in [4.78, 5) is 16.0. The third-order valence-electron chi connectivity index (χ3n) is 3.19. The minimum atomic E-state index is -4.77. The lowest BCUT2D eigenvalue weighted by atomic mass is 10.1.